The summed E-state index contributed by atoms with van der Waals surface area (Å²) < 4.78 is 0. The summed E-state index contributed by atoms with van der Waals surface area (Å²) >= 11 is 0. The third-order valence-corrected chi connectivity index (χ3v) is 13.9. The van der Waals surface area contributed by atoms with Crippen LogP contribution in [0.5, 0.6) is 0 Å². The number of para-hydroxylation sites is 4. The van der Waals surface area contributed by atoms with Crippen molar-refractivity contribution in [3.63, 3.8) is 0 Å². The van der Waals surface area contributed by atoms with Gasteiger partial charge in [-0.2, -0.15) is 0 Å². The summed E-state index contributed by atoms with van der Waals surface area (Å²) in [6.45, 7) is 9.73. The van der Waals surface area contributed by atoms with Crippen LogP contribution in [-0.2, 0) is 10.8 Å². The number of hydrogen-bond acceptors (Lipinski definition) is 3. The van der Waals surface area contributed by atoms with E-state index < -0.39 is 0 Å². The minimum Gasteiger partial charge on any atom is -0.334 e. The van der Waals surface area contributed by atoms with E-state index >= 15 is 0 Å². The molecule has 0 N–H and O–H groups in total. The number of fused-ring (bicyclic) bond motifs is 7. The van der Waals surface area contributed by atoms with Gasteiger partial charge in [-0.3, -0.25) is 0 Å². The van der Waals surface area contributed by atoms with Crippen molar-refractivity contribution < 1.29 is 0 Å². The first-order valence-corrected chi connectivity index (χ1v) is 20.9. The summed E-state index contributed by atoms with van der Waals surface area (Å²) in [5.41, 5.74) is 17.9. The van der Waals surface area contributed by atoms with Gasteiger partial charge in [-0.05, 0) is 113 Å². The van der Waals surface area contributed by atoms with E-state index in [0.717, 1.165) is 12.8 Å². The Morgan fingerprint density at radius 3 is 1.56 bits per heavy atom. The lowest BCUT2D eigenvalue weighted by atomic mass is 9.33. The molecule has 0 spiro atoms. The first-order chi connectivity index (χ1) is 27.8. The van der Waals surface area contributed by atoms with Crippen molar-refractivity contribution in [2.75, 3.05) is 14.7 Å². The molecule has 57 heavy (non-hydrogen) atoms. The predicted molar refractivity (Wildman–Crippen MR) is 242 cm³/mol. The van der Waals surface area contributed by atoms with Crippen molar-refractivity contribution in [2.45, 2.75) is 69.7 Å². The number of benzene rings is 7. The van der Waals surface area contributed by atoms with Gasteiger partial charge in [0.15, 0.2) is 0 Å². The first-order valence-electron chi connectivity index (χ1n) is 20.9. The van der Waals surface area contributed by atoms with Crippen LogP contribution in [0.4, 0.5) is 45.5 Å². The van der Waals surface area contributed by atoms with Crippen LogP contribution in [0, 0.1) is 0 Å². The summed E-state index contributed by atoms with van der Waals surface area (Å²) in [5, 5.41) is 0. The molecule has 2 atom stereocenters. The van der Waals surface area contributed by atoms with Crippen LogP contribution in [-0.4, -0.2) is 12.3 Å². The van der Waals surface area contributed by atoms with E-state index in [1.54, 1.807) is 0 Å². The number of anilines is 8. The van der Waals surface area contributed by atoms with E-state index in [1.165, 1.54) is 91.4 Å². The van der Waals surface area contributed by atoms with Gasteiger partial charge in [0.2, 0.25) is 0 Å². The van der Waals surface area contributed by atoms with E-state index in [0.29, 0.717) is 0 Å². The van der Waals surface area contributed by atoms with Crippen LogP contribution in [0.2, 0.25) is 0 Å². The molecule has 0 radical (unpaired) electrons. The first kappa shape index (κ1) is 34.3. The van der Waals surface area contributed by atoms with Gasteiger partial charge in [-0.1, -0.05) is 149 Å². The molecule has 11 rings (SSSR count). The quantitative estimate of drug-likeness (QED) is 0.167. The smallest absolute Gasteiger partial charge is 0.252 e. The molecule has 1 aliphatic carbocycles. The molecular formula is C53H48BN3. The summed E-state index contributed by atoms with van der Waals surface area (Å²) in [6.07, 6.45) is 4.64. The molecule has 7 aromatic carbocycles. The summed E-state index contributed by atoms with van der Waals surface area (Å²) in [6, 6.07) is 64.3. The highest BCUT2D eigenvalue weighted by Crippen LogP contribution is 2.64. The fraction of sp³-hybridized carbons (Fsp3) is 0.208. The molecule has 7 aromatic rings. The minimum absolute atomic E-state index is 0.0313. The monoisotopic (exact) mass is 737 g/mol. The Labute approximate surface area is 338 Å². The Bertz CT molecular complexity index is 2560. The fourth-order valence-corrected chi connectivity index (χ4v) is 11.4. The lowest BCUT2D eigenvalue weighted by Crippen LogP contribution is -2.61. The van der Waals surface area contributed by atoms with Gasteiger partial charge < -0.3 is 14.7 Å². The average molecular weight is 738 g/mol. The van der Waals surface area contributed by atoms with Gasteiger partial charge in [0.1, 0.15) is 0 Å². The van der Waals surface area contributed by atoms with Crippen molar-refractivity contribution in [1.29, 1.82) is 0 Å². The lowest BCUT2D eigenvalue weighted by Gasteiger charge is -2.53. The van der Waals surface area contributed by atoms with Crippen LogP contribution in [0.3, 0.4) is 0 Å². The molecule has 1 saturated carbocycles. The van der Waals surface area contributed by atoms with Crippen LogP contribution in [0.15, 0.2) is 170 Å². The lowest BCUT2D eigenvalue weighted by molar-refractivity contribution is 0.215. The highest BCUT2D eigenvalue weighted by atomic mass is 15.3. The van der Waals surface area contributed by atoms with Crippen molar-refractivity contribution >= 4 is 68.6 Å². The fourth-order valence-electron chi connectivity index (χ4n) is 11.4. The minimum atomic E-state index is -0.208. The summed E-state index contributed by atoms with van der Waals surface area (Å²) in [4.78, 5) is 7.87. The number of nitrogens with zero attached hydrogens (tertiary/aromatic N) is 3. The van der Waals surface area contributed by atoms with Crippen LogP contribution in [0.1, 0.15) is 70.1 Å². The van der Waals surface area contributed by atoms with E-state index in [1.807, 2.05) is 0 Å². The van der Waals surface area contributed by atoms with E-state index in [4.69, 9.17) is 0 Å². The van der Waals surface area contributed by atoms with Gasteiger partial charge in [0, 0.05) is 50.9 Å². The second-order valence-corrected chi connectivity index (χ2v) is 17.9. The molecule has 3 aliphatic heterocycles. The highest BCUT2D eigenvalue weighted by Gasteiger charge is 2.61. The van der Waals surface area contributed by atoms with Gasteiger partial charge in [-0.25, -0.2) is 0 Å². The van der Waals surface area contributed by atoms with Crippen molar-refractivity contribution in [2.24, 2.45) is 0 Å². The third-order valence-electron chi connectivity index (χ3n) is 13.9. The summed E-state index contributed by atoms with van der Waals surface area (Å²) in [7, 11) is 0. The molecule has 4 heteroatoms. The zero-order chi connectivity index (χ0) is 38.5. The molecule has 1 fully saturated rings. The highest BCUT2D eigenvalue weighted by molar-refractivity contribution is 7.00. The van der Waals surface area contributed by atoms with Gasteiger partial charge in [-0.15, -0.1) is 0 Å². The van der Waals surface area contributed by atoms with Gasteiger partial charge in [0.25, 0.3) is 6.71 Å². The maximum absolute atomic E-state index is 2.79. The Hall–Kier alpha value is -6.00. The zero-order valence-corrected chi connectivity index (χ0v) is 33.4. The predicted octanol–water partition coefficient (Wildman–Crippen LogP) is 11.8. The second kappa shape index (κ2) is 12.5. The molecule has 278 valence electrons. The number of hydrogen-bond donors (Lipinski definition) is 0. The molecule has 4 aliphatic rings. The Morgan fingerprint density at radius 2 is 1.00 bits per heavy atom. The standard InChI is InChI=1S/C53H48BN3/c1-51(2,3)38-30-31-45-42(34-38)53(37-20-8-5-9-21-37)33-19-18-32-52(53,4)57(45)41-35-48-50-49(36-41)56(40-24-12-7-13-25-40)47-29-17-15-27-44(47)54(50)43-26-14-16-28-46(43)55(48)39-22-10-6-11-23-39/h5-17,20-31,34-36H,18-19,32-33H2,1-4H3. The normalized spacial score (nSPS) is 20.4. The number of rotatable bonds is 4. The van der Waals surface area contributed by atoms with Crippen LogP contribution >= 0.6 is 0 Å². The molecule has 0 amide bonds. The van der Waals surface area contributed by atoms with E-state index in [2.05, 4.69) is 212 Å². The second-order valence-electron chi connectivity index (χ2n) is 17.9. The van der Waals surface area contributed by atoms with Crippen molar-refractivity contribution in [1.82, 2.24) is 0 Å². The molecule has 3 nitrogen and oxygen atoms in total. The topological polar surface area (TPSA) is 9.72 Å². The van der Waals surface area contributed by atoms with Gasteiger partial charge >= 0.3 is 0 Å². The van der Waals surface area contributed by atoms with E-state index in [9.17, 15) is 0 Å². The zero-order valence-electron chi connectivity index (χ0n) is 33.4. The van der Waals surface area contributed by atoms with Crippen LogP contribution in [0.25, 0.3) is 0 Å². The van der Waals surface area contributed by atoms with Crippen LogP contribution < -0.4 is 31.1 Å². The summed E-state index contributed by atoms with van der Waals surface area (Å²) in [5.74, 6) is 0. The molecule has 3 heterocycles. The molecule has 0 saturated heterocycles. The Morgan fingerprint density at radius 1 is 0.491 bits per heavy atom. The Balaban J connectivity index is 1.25. The maximum atomic E-state index is 2.79. The average Bonchev–Trinajstić information content (AvgIpc) is 3.49. The van der Waals surface area contributed by atoms with E-state index in [-0.39, 0.29) is 23.1 Å². The van der Waals surface area contributed by atoms with Crippen molar-refractivity contribution in [3.8, 4) is 0 Å². The maximum Gasteiger partial charge on any atom is 0.252 e. The Kier molecular flexibility index (Phi) is 7.52. The third kappa shape index (κ3) is 4.80. The van der Waals surface area contributed by atoms with Crippen molar-refractivity contribution in [3.05, 3.63) is 187 Å². The molecular weight excluding hydrogens is 689 g/mol. The molecule has 2 unspecified atom stereocenters. The largest absolute Gasteiger partial charge is 0.334 e. The molecule has 0 aromatic heterocycles. The molecule has 0 bridgehead atoms. The SMILES string of the molecule is CC(C)(C)c1ccc2c(c1)C1(c3ccccc3)CCCCC1(C)N2c1cc2c3c(c1)N(c1ccccc1)c1ccccc1B3c1ccccc1N2c1ccccc1. The van der Waals surface area contributed by atoms with Gasteiger partial charge in [0.05, 0.1) is 5.54 Å².